The molecule has 0 saturated heterocycles. The van der Waals surface area contributed by atoms with Gasteiger partial charge in [-0.05, 0) is 36.1 Å². The van der Waals surface area contributed by atoms with Crippen LogP contribution >= 0.6 is 0 Å². The summed E-state index contributed by atoms with van der Waals surface area (Å²) in [5, 5.41) is 20.6. The molecule has 0 saturated carbocycles. The number of carboxylic acid groups (broad SMARTS) is 1. The van der Waals surface area contributed by atoms with E-state index in [0.717, 1.165) is 5.56 Å². The van der Waals surface area contributed by atoms with E-state index in [-0.39, 0.29) is 40.6 Å². The molecule has 0 radical (unpaired) electrons. The van der Waals surface area contributed by atoms with Crippen LogP contribution in [0.3, 0.4) is 0 Å². The number of aromatic hydroxyl groups is 1. The molecule has 0 spiro atoms. The molecule has 0 fully saturated rings. The number of aliphatic carboxylic acids is 1. The van der Waals surface area contributed by atoms with Crippen LogP contribution in [-0.4, -0.2) is 41.3 Å². The molecule has 2 aromatic rings. The number of phenols is 1. The van der Waals surface area contributed by atoms with Crippen molar-refractivity contribution < 1.29 is 29.3 Å². The van der Waals surface area contributed by atoms with Gasteiger partial charge in [0.05, 0.1) is 11.1 Å². The Labute approximate surface area is 200 Å². The molecule has 3 rings (SSSR count). The fourth-order valence-electron chi connectivity index (χ4n) is 4.05. The second-order valence-electron chi connectivity index (χ2n) is 9.81. The van der Waals surface area contributed by atoms with E-state index in [0.29, 0.717) is 17.7 Å². The Balaban J connectivity index is 1.85. The number of rotatable bonds is 8. The van der Waals surface area contributed by atoms with Gasteiger partial charge in [0.2, 0.25) is 0 Å². The van der Waals surface area contributed by atoms with Crippen molar-refractivity contribution in [2.45, 2.75) is 45.6 Å². The summed E-state index contributed by atoms with van der Waals surface area (Å²) in [4.78, 5) is 24.8. The number of carbonyl (C=O) groups is 2. The van der Waals surface area contributed by atoms with Crippen LogP contribution in [0.1, 0.15) is 54.6 Å². The van der Waals surface area contributed by atoms with E-state index in [2.05, 4.69) is 0 Å². The van der Waals surface area contributed by atoms with Gasteiger partial charge in [-0.1, -0.05) is 63.3 Å². The molecule has 6 heteroatoms. The lowest BCUT2D eigenvalue weighted by Crippen LogP contribution is -2.43. The molecular formula is C28H32O6. The summed E-state index contributed by atoms with van der Waals surface area (Å²) in [7, 11) is 1.44. The van der Waals surface area contributed by atoms with Gasteiger partial charge in [0, 0.05) is 25.0 Å². The van der Waals surface area contributed by atoms with Crippen molar-refractivity contribution in [2.24, 2.45) is 5.41 Å². The lowest BCUT2D eigenvalue weighted by atomic mass is 9.82. The summed E-state index contributed by atoms with van der Waals surface area (Å²) >= 11 is 0. The molecule has 180 valence electrons. The number of ether oxygens (including phenoxy) is 2. The standard InChI is InChI=1S/C28H32O6/c1-18-24(12-11-21(25(18)30)23(29)16-27(2,3)4)34-17-28(33-5)14-13-20(15-22(28)26(31)32)19-9-7-6-8-10-19/h6-15,20,30H,16-17H2,1-5H3,(H,31,32). The molecule has 0 aromatic heterocycles. The first-order valence-corrected chi connectivity index (χ1v) is 11.2. The van der Waals surface area contributed by atoms with Crippen molar-refractivity contribution in [3.05, 3.63) is 83.0 Å². The van der Waals surface area contributed by atoms with E-state index in [1.54, 1.807) is 31.2 Å². The highest BCUT2D eigenvalue weighted by atomic mass is 16.5. The first-order chi connectivity index (χ1) is 16.0. The van der Waals surface area contributed by atoms with E-state index in [1.165, 1.54) is 7.11 Å². The van der Waals surface area contributed by atoms with Gasteiger partial charge >= 0.3 is 5.97 Å². The lowest BCUT2D eigenvalue weighted by Gasteiger charge is -2.34. The fraction of sp³-hybridized carbons (Fsp3) is 0.357. The summed E-state index contributed by atoms with van der Waals surface area (Å²) in [6.45, 7) is 7.43. The third-order valence-electron chi connectivity index (χ3n) is 5.97. The minimum absolute atomic E-state index is 0.0743. The van der Waals surface area contributed by atoms with E-state index in [1.807, 2.05) is 57.2 Å². The number of carboxylic acids is 1. The predicted molar refractivity (Wildman–Crippen MR) is 131 cm³/mol. The van der Waals surface area contributed by atoms with Crippen molar-refractivity contribution in [3.63, 3.8) is 0 Å². The van der Waals surface area contributed by atoms with Crippen molar-refractivity contribution in [1.82, 2.24) is 0 Å². The van der Waals surface area contributed by atoms with Gasteiger partial charge in [-0.15, -0.1) is 0 Å². The van der Waals surface area contributed by atoms with E-state index < -0.39 is 11.6 Å². The Morgan fingerprint density at radius 2 is 1.76 bits per heavy atom. The zero-order valence-electron chi connectivity index (χ0n) is 20.3. The predicted octanol–water partition coefficient (Wildman–Crippen LogP) is 5.45. The van der Waals surface area contributed by atoms with E-state index in [4.69, 9.17) is 9.47 Å². The maximum atomic E-state index is 12.6. The van der Waals surface area contributed by atoms with Gasteiger partial charge in [-0.25, -0.2) is 4.79 Å². The average molecular weight is 465 g/mol. The molecular weight excluding hydrogens is 432 g/mol. The Bertz CT molecular complexity index is 1120. The summed E-state index contributed by atoms with van der Waals surface area (Å²) in [6, 6.07) is 12.8. The van der Waals surface area contributed by atoms with Gasteiger partial charge in [0.15, 0.2) is 11.4 Å². The molecule has 2 N–H and O–H groups in total. The Morgan fingerprint density at radius 3 is 2.35 bits per heavy atom. The first kappa shape index (κ1) is 25.2. The second-order valence-corrected chi connectivity index (χ2v) is 9.81. The fourth-order valence-corrected chi connectivity index (χ4v) is 4.05. The normalized spacial score (nSPS) is 20.0. The highest BCUT2D eigenvalue weighted by molar-refractivity contribution is 5.99. The maximum absolute atomic E-state index is 12.6. The van der Waals surface area contributed by atoms with Gasteiger partial charge in [0.1, 0.15) is 18.1 Å². The minimum atomic E-state index is -1.31. The summed E-state index contributed by atoms with van der Waals surface area (Å²) in [5.41, 5.74) is 0.191. The molecule has 0 heterocycles. The second kappa shape index (κ2) is 9.85. The zero-order chi connectivity index (χ0) is 25.1. The number of hydrogen-bond acceptors (Lipinski definition) is 5. The van der Waals surface area contributed by atoms with Gasteiger partial charge in [-0.3, -0.25) is 4.79 Å². The van der Waals surface area contributed by atoms with E-state index in [9.17, 15) is 19.8 Å². The molecule has 1 aliphatic rings. The number of ketones is 1. The van der Waals surface area contributed by atoms with Gasteiger partial charge in [-0.2, -0.15) is 0 Å². The van der Waals surface area contributed by atoms with Crippen LogP contribution in [0, 0.1) is 12.3 Å². The number of Topliss-reactive ketones (excluding diaryl/α,β-unsaturated/α-hetero) is 1. The van der Waals surface area contributed by atoms with E-state index >= 15 is 0 Å². The Kier molecular flexibility index (Phi) is 7.32. The number of phenolic OH excluding ortho intramolecular Hbond substituents is 1. The molecule has 2 atom stereocenters. The molecule has 1 aliphatic carbocycles. The van der Waals surface area contributed by atoms with Crippen LogP contribution in [0.5, 0.6) is 11.5 Å². The quantitative estimate of drug-likeness (QED) is 0.399. The molecule has 0 bridgehead atoms. The smallest absolute Gasteiger partial charge is 0.334 e. The molecule has 2 aromatic carbocycles. The van der Waals surface area contributed by atoms with Crippen LogP contribution < -0.4 is 4.74 Å². The molecule has 2 unspecified atom stereocenters. The number of hydrogen-bond donors (Lipinski definition) is 2. The van der Waals surface area contributed by atoms with Crippen molar-refractivity contribution in [3.8, 4) is 11.5 Å². The third kappa shape index (κ3) is 5.39. The lowest BCUT2D eigenvalue weighted by molar-refractivity contribution is -0.135. The largest absolute Gasteiger partial charge is 0.507 e. The third-order valence-corrected chi connectivity index (χ3v) is 5.97. The van der Waals surface area contributed by atoms with Crippen molar-refractivity contribution >= 4 is 11.8 Å². The van der Waals surface area contributed by atoms with Crippen LogP contribution in [-0.2, 0) is 9.53 Å². The summed E-state index contributed by atoms with van der Waals surface area (Å²) in [5.74, 6) is -1.22. The maximum Gasteiger partial charge on any atom is 0.334 e. The summed E-state index contributed by atoms with van der Waals surface area (Å²) < 4.78 is 11.6. The molecule has 6 nitrogen and oxygen atoms in total. The minimum Gasteiger partial charge on any atom is -0.507 e. The van der Waals surface area contributed by atoms with Gasteiger partial charge < -0.3 is 19.7 Å². The van der Waals surface area contributed by atoms with Crippen molar-refractivity contribution in [2.75, 3.05) is 13.7 Å². The average Bonchev–Trinajstić information content (AvgIpc) is 2.79. The Hall–Kier alpha value is -3.38. The van der Waals surface area contributed by atoms with Crippen LogP contribution in [0.4, 0.5) is 0 Å². The molecule has 34 heavy (non-hydrogen) atoms. The van der Waals surface area contributed by atoms with Gasteiger partial charge in [0.25, 0.3) is 0 Å². The number of allylic oxidation sites excluding steroid dienone is 2. The van der Waals surface area contributed by atoms with Crippen molar-refractivity contribution in [1.29, 1.82) is 0 Å². The first-order valence-electron chi connectivity index (χ1n) is 11.2. The number of carbonyl (C=O) groups excluding carboxylic acids is 1. The van der Waals surface area contributed by atoms with Crippen LogP contribution in [0.25, 0.3) is 0 Å². The topological polar surface area (TPSA) is 93.1 Å². The zero-order valence-corrected chi connectivity index (χ0v) is 20.3. The highest BCUT2D eigenvalue weighted by Gasteiger charge is 2.40. The Morgan fingerprint density at radius 1 is 1.09 bits per heavy atom. The SMILES string of the molecule is COC1(COc2ccc(C(=O)CC(C)(C)C)c(O)c2C)C=CC(c2ccccc2)C=C1C(=O)O. The number of methoxy groups -OCH3 is 1. The molecule has 0 aliphatic heterocycles. The molecule has 0 amide bonds. The number of benzene rings is 2. The monoisotopic (exact) mass is 464 g/mol. The highest BCUT2D eigenvalue weighted by Crippen LogP contribution is 2.37. The summed E-state index contributed by atoms with van der Waals surface area (Å²) in [6.07, 6.45) is 5.58. The van der Waals surface area contributed by atoms with Crippen LogP contribution in [0.15, 0.2) is 66.3 Å². The van der Waals surface area contributed by atoms with Crippen LogP contribution in [0.2, 0.25) is 0 Å².